The van der Waals surface area contributed by atoms with Gasteiger partial charge in [-0.2, -0.15) is 0 Å². The Bertz CT molecular complexity index is 755. The van der Waals surface area contributed by atoms with Gasteiger partial charge in [0.2, 0.25) is 16.9 Å². The molecule has 0 saturated carbocycles. The Morgan fingerprint density at radius 3 is 2.82 bits per heavy atom. The van der Waals surface area contributed by atoms with Gasteiger partial charge in [0.25, 0.3) is 0 Å². The second-order valence-corrected chi connectivity index (χ2v) is 6.80. The van der Waals surface area contributed by atoms with Crippen molar-refractivity contribution in [3.8, 4) is 0 Å². The smallest absolute Gasteiger partial charge is 0.226 e. The molecule has 0 aliphatic carbocycles. The van der Waals surface area contributed by atoms with Crippen LogP contribution in [0.5, 0.6) is 0 Å². The number of aromatic nitrogens is 4. The fraction of sp³-hybridized carbons (Fsp3) is 0.286. The Hall–Kier alpha value is -1.93. The lowest BCUT2D eigenvalue weighted by atomic mass is 10.2. The minimum Gasteiger partial charge on any atom is -0.424 e. The molecule has 0 radical (unpaired) electrons. The second-order valence-electron chi connectivity index (χ2n) is 4.60. The molecule has 0 fully saturated rings. The number of aryl methyl sites for hydroxylation is 2. The molecule has 0 bridgehead atoms. The highest BCUT2D eigenvalue weighted by atomic mass is 32.2. The Balaban J connectivity index is 1.59. The molecule has 0 spiro atoms. The summed E-state index contributed by atoms with van der Waals surface area (Å²) in [4.78, 5) is 0. The number of nitrogens with zero attached hydrogens (tertiary/aromatic N) is 4. The highest BCUT2D eigenvalue weighted by Gasteiger charge is 2.09. The molecule has 0 atom stereocenters. The first-order valence-electron chi connectivity index (χ1n) is 6.84. The predicted octanol–water partition coefficient (Wildman–Crippen LogP) is 3.83. The molecule has 8 heteroatoms. The van der Waals surface area contributed by atoms with E-state index in [1.165, 1.54) is 16.9 Å². The molecule has 2 aromatic heterocycles. The average Bonchev–Trinajstić information content (AvgIpc) is 3.14. The van der Waals surface area contributed by atoms with E-state index in [4.69, 9.17) is 4.42 Å². The molecule has 0 aliphatic heterocycles. The number of hydrogen-bond acceptors (Lipinski definition) is 8. The average molecular weight is 333 g/mol. The van der Waals surface area contributed by atoms with Gasteiger partial charge in [-0.15, -0.1) is 20.4 Å². The van der Waals surface area contributed by atoms with Crippen LogP contribution < -0.4 is 5.32 Å². The summed E-state index contributed by atoms with van der Waals surface area (Å²) in [6.45, 7) is 4.04. The number of hydrogen-bond donors (Lipinski definition) is 1. The van der Waals surface area contributed by atoms with Crippen LogP contribution in [0.1, 0.15) is 24.3 Å². The summed E-state index contributed by atoms with van der Waals surface area (Å²) < 4.78 is 6.33. The summed E-state index contributed by atoms with van der Waals surface area (Å²) in [7, 11) is 0. The zero-order valence-electron chi connectivity index (χ0n) is 12.2. The maximum absolute atomic E-state index is 5.47. The van der Waals surface area contributed by atoms with Crippen molar-refractivity contribution in [2.45, 2.75) is 30.4 Å². The molecule has 114 valence electrons. The van der Waals surface area contributed by atoms with Crippen molar-refractivity contribution in [2.75, 3.05) is 5.32 Å². The summed E-state index contributed by atoms with van der Waals surface area (Å²) in [6, 6.07) is 8.14. The molecule has 22 heavy (non-hydrogen) atoms. The summed E-state index contributed by atoms with van der Waals surface area (Å²) in [5.74, 6) is 1.88. The Labute approximate surface area is 136 Å². The van der Waals surface area contributed by atoms with E-state index in [0.717, 1.165) is 21.6 Å². The lowest BCUT2D eigenvalue weighted by Crippen LogP contribution is -1.89. The van der Waals surface area contributed by atoms with E-state index < -0.39 is 0 Å². The molecular formula is C14H15N5OS2. The van der Waals surface area contributed by atoms with Crippen molar-refractivity contribution in [3.05, 3.63) is 41.6 Å². The highest BCUT2D eigenvalue weighted by Crippen LogP contribution is 2.29. The van der Waals surface area contributed by atoms with Crippen LogP contribution in [0.15, 0.2) is 33.0 Å². The van der Waals surface area contributed by atoms with E-state index >= 15 is 0 Å². The van der Waals surface area contributed by atoms with Crippen molar-refractivity contribution >= 4 is 33.9 Å². The van der Waals surface area contributed by atoms with Gasteiger partial charge in [-0.3, -0.25) is 0 Å². The molecule has 3 aromatic rings. The van der Waals surface area contributed by atoms with Crippen molar-refractivity contribution in [1.29, 1.82) is 0 Å². The SMILES string of the molecule is CCc1nnc(CSc2nnc(Nc3cccc(C)c3)s2)o1. The number of anilines is 2. The fourth-order valence-electron chi connectivity index (χ4n) is 1.78. The largest absolute Gasteiger partial charge is 0.424 e. The van der Waals surface area contributed by atoms with Crippen LogP contribution in [-0.4, -0.2) is 20.4 Å². The maximum Gasteiger partial charge on any atom is 0.226 e. The summed E-state index contributed by atoms with van der Waals surface area (Å²) in [5.41, 5.74) is 2.21. The normalized spacial score (nSPS) is 10.8. The fourth-order valence-corrected chi connectivity index (χ4v) is 3.39. The van der Waals surface area contributed by atoms with Crippen molar-refractivity contribution in [2.24, 2.45) is 0 Å². The van der Waals surface area contributed by atoms with Crippen LogP contribution in [0.2, 0.25) is 0 Å². The molecule has 2 heterocycles. The number of benzene rings is 1. The first-order valence-corrected chi connectivity index (χ1v) is 8.64. The topological polar surface area (TPSA) is 76.7 Å². The van der Waals surface area contributed by atoms with E-state index in [0.29, 0.717) is 17.5 Å². The van der Waals surface area contributed by atoms with Gasteiger partial charge in [-0.05, 0) is 24.6 Å². The molecule has 0 amide bonds. The Morgan fingerprint density at radius 2 is 2.05 bits per heavy atom. The Kier molecular flexibility index (Phi) is 4.69. The van der Waals surface area contributed by atoms with Crippen LogP contribution in [0.25, 0.3) is 0 Å². The minimum absolute atomic E-state index is 0.603. The number of thioether (sulfide) groups is 1. The van der Waals surface area contributed by atoms with Gasteiger partial charge >= 0.3 is 0 Å². The van der Waals surface area contributed by atoms with Crippen LogP contribution in [0, 0.1) is 6.92 Å². The third-order valence-corrected chi connectivity index (χ3v) is 4.76. The molecule has 0 aliphatic rings. The van der Waals surface area contributed by atoms with Gasteiger partial charge in [0.1, 0.15) is 0 Å². The zero-order valence-corrected chi connectivity index (χ0v) is 13.9. The van der Waals surface area contributed by atoms with Crippen molar-refractivity contribution in [3.63, 3.8) is 0 Å². The maximum atomic E-state index is 5.47. The monoisotopic (exact) mass is 333 g/mol. The van der Waals surface area contributed by atoms with Gasteiger partial charge in [-0.1, -0.05) is 42.2 Å². The molecule has 6 nitrogen and oxygen atoms in total. The quantitative estimate of drug-likeness (QED) is 0.687. The van der Waals surface area contributed by atoms with Gasteiger partial charge in [-0.25, -0.2) is 0 Å². The summed E-state index contributed by atoms with van der Waals surface area (Å²) in [5, 5.41) is 20.3. The third-order valence-electron chi connectivity index (χ3n) is 2.81. The predicted molar refractivity (Wildman–Crippen MR) is 87.6 cm³/mol. The molecule has 0 saturated heterocycles. The van der Waals surface area contributed by atoms with Gasteiger partial charge < -0.3 is 9.73 Å². The second kappa shape index (κ2) is 6.89. The van der Waals surface area contributed by atoms with E-state index in [-0.39, 0.29) is 0 Å². The number of nitrogens with one attached hydrogen (secondary N) is 1. The van der Waals surface area contributed by atoms with Gasteiger partial charge in [0.15, 0.2) is 4.34 Å². The van der Waals surface area contributed by atoms with Gasteiger partial charge in [0.05, 0.1) is 5.75 Å². The van der Waals surface area contributed by atoms with Crippen molar-refractivity contribution in [1.82, 2.24) is 20.4 Å². The number of rotatable bonds is 6. The first kappa shape index (κ1) is 15.0. The van der Waals surface area contributed by atoms with E-state index in [2.05, 4.69) is 44.8 Å². The van der Waals surface area contributed by atoms with E-state index in [1.54, 1.807) is 11.8 Å². The first-order chi connectivity index (χ1) is 10.7. The van der Waals surface area contributed by atoms with Crippen LogP contribution in [0.3, 0.4) is 0 Å². The van der Waals surface area contributed by atoms with E-state index in [1.807, 2.05) is 19.1 Å². The Morgan fingerprint density at radius 1 is 1.18 bits per heavy atom. The van der Waals surface area contributed by atoms with Crippen LogP contribution >= 0.6 is 23.1 Å². The highest BCUT2D eigenvalue weighted by molar-refractivity contribution is 8.00. The molecule has 0 unspecified atom stereocenters. The lowest BCUT2D eigenvalue weighted by molar-refractivity contribution is 0.470. The zero-order chi connectivity index (χ0) is 15.4. The third kappa shape index (κ3) is 3.83. The van der Waals surface area contributed by atoms with Crippen LogP contribution in [0.4, 0.5) is 10.8 Å². The minimum atomic E-state index is 0.603. The van der Waals surface area contributed by atoms with E-state index in [9.17, 15) is 0 Å². The molecule has 3 rings (SSSR count). The molecule has 1 N–H and O–H groups in total. The van der Waals surface area contributed by atoms with Gasteiger partial charge in [0, 0.05) is 12.1 Å². The molecule has 1 aromatic carbocycles. The van der Waals surface area contributed by atoms with Crippen LogP contribution in [-0.2, 0) is 12.2 Å². The lowest BCUT2D eigenvalue weighted by Gasteiger charge is -2.01. The summed E-state index contributed by atoms with van der Waals surface area (Å²) >= 11 is 3.05. The molecular weight excluding hydrogens is 318 g/mol. The standard InChI is InChI=1S/C14H15N5OS2/c1-3-11-16-17-12(20-11)8-21-14-19-18-13(22-14)15-10-6-4-5-9(2)7-10/h4-7H,3,8H2,1-2H3,(H,15,18). The summed E-state index contributed by atoms with van der Waals surface area (Å²) in [6.07, 6.45) is 0.751. The van der Waals surface area contributed by atoms with Crippen molar-refractivity contribution < 1.29 is 4.42 Å².